The number of rotatable bonds is 8. The van der Waals surface area contributed by atoms with Crippen LogP contribution in [0.4, 0.5) is 0 Å². The summed E-state index contributed by atoms with van der Waals surface area (Å²) in [6, 6.07) is 14.8. The predicted octanol–water partition coefficient (Wildman–Crippen LogP) is 4.78. The van der Waals surface area contributed by atoms with Crippen LogP contribution < -0.4 is 19.5 Å². The summed E-state index contributed by atoms with van der Waals surface area (Å²) >= 11 is 7.90. The smallest absolute Gasteiger partial charge is 0.258 e. The summed E-state index contributed by atoms with van der Waals surface area (Å²) in [5.41, 5.74) is 1.93. The van der Waals surface area contributed by atoms with Crippen LogP contribution in [0.3, 0.4) is 0 Å². The Morgan fingerprint density at radius 1 is 1.19 bits per heavy atom. The van der Waals surface area contributed by atoms with Gasteiger partial charge in [0.2, 0.25) is 0 Å². The second-order valence-corrected chi connectivity index (χ2v) is 8.84. The number of amides is 1. The van der Waals surface area contributed by atoms with Crippen molar-refractivity contribution in [2.75, 3.05) is 20.3 Å². The van der Waals surface area contributed by atoms with E-state index in [1.807, 2.05) is 36.4 Å². The lowest BCUT2D eigenvalue weighted by Gasteiger charge is -2.13. The molecule has 0 saturated heterocycles. The third kappa shape index (κ3) is 4.89. The fourth-order valence-corrected chi connectivity index (χ4v) is 4.66. The van der Waals surface area contributed by atoms with Gasteiger partial charge in [0.25, 0.3) is 5.91 Å². The van der Waals surface area contributed by atoms with Crippen LogP contribution >= 0.6 is 22.9 Å². The van der Waals surface area contributed by atoms with E-state index in [1.54, 1.807) is 26.2 Å². The van der Waals surface area contributed by atoms with Crippen molar-refractivity contribution in [1.29, 1.82) is 0 Å². The summed E-state index contributed by atoms with van der Waals surface area (Å²) in [5.74, 6) is 1.51. The number of fused-ring (bicyclic) bond motifs is 1. The van der Waals surface area contributed by atoms with E-state index >= 15 is 0 Å². The van der Waals surface area contributed by atoms with Gasteiger partial charge < -0.3 is 19.5 Å². The van der Waals surface area contributed by atoms with Crippen LogP contribution in [-0.2, 0) is 11.2 Å². The zero-order valence-corrected chi connectivity index (χ0v) is 19.2. The minimum absolute atomic E-state index is 0.0438. The number of Topliss-reactive ketones (excluding diaryl/α,β-unsaturated/α-hetero) is 1. The highest BCUT2D eigenvalue weighted by molar-refractivity contribution is 7.17. The first-order valence-electron chi connectivity index (χ1n) is 10.1. The van der Waals surface area contributed by atoms with E-state index in [0.29, 0.717) is 40.1 Å². The molecule has 2 heterocycles. The zero-order chi connectivity index (χ0) is 22.7. The van der Waals surface area contributed by atoms with Crippen molar-refractivity contribution in [3.8, 4) is 27.7 Å². The Morgan fingerprint density at radius 2 is 1.97 bits per heavy atom. The highest BCUT2D eigenvalue weighted by Crippen LogP contribution is 2.41. The van der Waals surface area contributed by atoms with Crippen molar-refractivity contribution < 1.29 is 23.8 Å². The van der Waals surface area contributed by atoms with Crippen molar-refractivity contribution >= 4 is 34.6 Å². The summed E-state index contributed by atoms with van der Waals surface area (Å²) < 4.78 is 16.7. The van der Waals surface area contributed by atoms with Crippen LogP contribution in [0, 0.1) is 0 Å². The number of nitrogens with one attached hydrogen (secondary N) is 1. The molecule has 0 fully saturated rings. The summed E-state index contributed by atoms with van der Waals surface area (Å²) in [7, 11) is 1.55. The fraction of sp³-hybridized carbons (Fsp3) is 0.250. The van der Waals surface area contributed by atoms with Gasteiger partial charge in [-0.05, 0) is 48.9 Å². The molecule has 2 aromatic carbocycles. The Balaban J connectivity index is 1.34. The Labute approximate surface area is 195 Å². The van der Waals surface area contributed by atoms with Crippen LogP contribution in [0.15, 0.2) is 48.5 Å². The quantitative estimate of drug-likeness (QED) is 0.479. The number of methoxy groups -OCH3 is 1. The summed E-state index contributed by atoms with van der Waals surface area (Å²) in [4.78, 5) is 25.5. The molecule has 0 unspecified atom stereocenters. The second kappa shape index (κ2) is 9.63. The molecule has 0 aliphatic carbocycles. The first-order valence-corrected chi connectivity index (χ1v) is 11.3. The maximum absolute atomic E-state index is 12.2. The van der Waals surface area contributed by atoms with Gasteiger partial charge in [0.1, 0.15) is 11.9 Å². The molecule has 1 aliphatic heterocycles. The molecule has 1 amide bonds. The molecule has 32 heavy (non-hydrogen) atoms. The van der Waals surface area contributed by atoms with Crippen LogP contribution in [-0.4, -0.2) is 38.1 Å². The normalized spacial score (nSPS) is 14.4. The molecule has 8 heteroatoms. The van der Waals surface area contributed by atoms with Crippen molar-refractivity contribution in [3.63, 3.8) is 0 Å². The van der Waals surface area contributed by atoms with Gasteiger partial charge in [0, 0.05) is 16.9 Å². The number of halogens is 1. The number of thiophene rings is 1. The van der Waals surface area contributed by atoms with Gasteiger partial charge in [-0.2, -0.15) is 0 Å². The SMILES string of the molecule is COc1ccccc1OCC(=O)NC[C@H]1Cc2cc(-c3ccc(C(C)=O)s3)cc(Cl)c2O1. The number of hydrogen-bond acceptors (Lipinski definition) is 6. The number of ketones is 1. The monoisotopic (exact) mass is 471 g/mol. The first-order chi connectivity index (χ1) is 15.4. The van der Waals surface area contributed by atoms with Gasteiger partial charge in [-0.1, -0.05) is 23.7 Å². The number of ether oxygens (including phenoxy) is 3. The minimum atomic E-state index is -0.252. The van der Waals surface area contributed by atoms with Crippen molar-refractivity contribution in [1.82, 2.24) is 5.32 Å². The summed E-state index contributed by atoms with van der Waals surface area (Å²) in [5, 5.41) is 3.36. The lowest BCUT2D eigenvalue weighted by molar-refractivity contribution is -0.123. The molecular weight excluding hydrogens is 450 g/mol. The van der Waals surface area contributed by atoms with E-state index in [9.17, 15) is 9.59 Å². The molecule has 1 N–H and O–H groups in total. The molecule has 4 rings (SSSR count). The van der Waals surface area contributed by atoms with Gasteiger partial charge in [0.15, 0.2) is 23.9 Å². The third-order valence-electron chi connectivity index (χ3n) is 5.04. The molecule has 0 spiro atoms. The van der Waals surface area contributed by atoms with Crippen LogP contribution in [0.1, 0.15) is 22.2 Å². The number of carbonyl (C=O) groups is 2. The molecule has 6 nitrogen and oxygen atoms in total. The highest BCUT2D eigenvalue weighted by Gasteiger charge is 2.27. The predicted molar refractivity (Wildman–Crippen MR) is 124 cm³/mol. The molecular formula is C24H22ClNO5S. The van der Waals surface area contributed by atoms with Crippen LogP contribution in [0.2, 0.25) is 5.02 Å². The van der Waals surface area contributed by atoms with Gasteiger partial charge in [-0.15, -0.1) is 11.3 Å². The fourth-order valence-electron chi connectivity index (χ4n) is 3.49. The Morgan fingerprint density at radius 3 is 2.69 bits per heavy atom. The van der Waals surface area contributed by atoms with E-state index in [-0.39, 0.29) is 24.4 Å². The lowest BCUT2D eigenvalue weighted by atomic mass is 10.1. The van der Waals surface area contributed by atoms with E-state index in [2.05, 4.69) is 5.32 Å². The van der Waals surface area contributed by atoms with E-state index in [1.165, 1.54) is 11.3 Å². The van der Waals surface area contributed by atoms with Gasteiger partial charge in [-0.3, -0.25) is 9.59 Å². The first kappa shape index (κ1) is 22.2. The number of benzene rings is 2. The van der Waals surface area contributed by atoms with Crippen LogP contribution in [0.25, 0.3) is 10.4 Å². The van der Waals surface area contributed by atoms with E-state index in [0.717, 1.165) is 16.0 Å². The number of carbonyl (C=O) groups excluding carboxylic acids is 2. The Kier molecular flexibility index (Phi) is 6.67. The number of para-hydroxylation sites is 2. The standard InChI is InChI=1S/C24H22ClNO5S/c1-14(27)21-7-8-22(32-21)15-9-16-10-17(31-24(16)18(25)11-15)12-26-23(28)13-30-20-6-4-3-5-19(20)29-2/h3-9,11,17H,10,12-13H2,1-2H3,(H,26,28)/t17-/m1/s1. The highest BCUT2D eigenvalue weighted by atomic mass is 35.5. The maximum atomic E-state index is 12.2. The average molecular weight is 472 g/mol. The van der Waals surface area contributed by atoms with E-state index in [4.69, 9.17) is 25.8 Å². The van der Waals surface area contributed by atoms with Crippen LogP contribution in [0.5, 0.6) is 17.2 Å². The maximum Gasteiger partial charge on any atom is 0.258 e. The van der Waals surface area contributed by atoms with E-state index < -0.39 is 0 Å². The summed E-state index contributed by atoms with van der Waals surface area (Å²) in [6.45, 7) is 1.77. The Bertz CT molecular complexity index is 1160. The van der Waals surface area contributed by atoms with Gasteiger partial charge >= 0.3 is 0 Å². The van der Waals surface area contributed by atoms with Crippen molar-refractivity contribution in [3.05, 3.63) is 64.0 Å². The molecule has 0 bridgehead atoms. The van der Waals surface area contributed by atoms with Gasteiger partial charge in [0.05, 0.1) is 23.6 Å². The zero-order valence-electron chi connectivity index (χ0n) is 17.6. The molecule has 1 aliphatic rings. The minimum Gasteiger partial charge on any atom is -0.493 e. The molecule has 0 radical (unpaired) electrons. The molecule has 0 saturated carbocycles. The third-order valence-corrected chi connectivity index (χ3v) is 6.56. The largest absolute Gasteiger partial charge is 0.493 e. The van der Waals surface area contributed by atoms with Crippen molar-refractivity contribution in [2.45, 2.75) is 19.4 Å². The molecule has 1 aromatic heterocycles. The van der Waals surface area contributed by atoms with Gasteiger partial charge in [-0.25, -0.2) is 0 Å². The summed E-state index contributed by atoms with van der Waals surface area (Å²) in [6.07, 6.45) is 0.408. The topological polar surface area (TPSA) is 73.9 Å². The Hall–Kier alpha value is -3.03. The molecule has 1 atom stereocenters. The molecule has 166 valence electrons. The lowest BCUT2D eigenvalue weighted by Crippen LogP contribution is -2.37. The molecule has 3 aromatic rings. The number of hydrogen-bond donors (Lipinski definition) is 1. The average Bonchev–Trinajstić information content (AvgIpc) is 3.44. The van der Waals surface area contributed by atoms with Crippen molar-refractivity contribution in [2.24, 2.45) is 0 Å². The second-order valence-electron chi connectivity index (χ2n) is 7.35.